The van der Waals surface area contributed by atoms with Crippen molar-refractivity contribution in [3.05, 3.63) is 66.4 Å². The summed E-state index contributed by atoms with van der Waals surface area (Å²) < 4.78 is 33.9. The molecular formula is C23H27N5O5S. The molecule has 2 N–H and O–H groups in total. The second kappa shape index (κ2) is 10.2. The monoisotopic (exact) mass is 485 g/mol. The number of furan rings is 1. The molecule has 1 aromatic carbocycles. The molecule has 0 saturated carbocycles. The van der Waals surface area contributed by atoms with Crippen LogP contribution in [0.25, 0.3) is 0 Å². The number of hydrogen-bond acceptors (Lipinski definition) is 6. The molecule has 11 heteroatoms. The van der Waals surface area contributed by atoms with E-state index in [1.54, 1.807) is 53.3 Å². The summed E-state index contributed by atoms with van der Waals surface area (Å²) in [6.07, 6.45) is 3.92. The third-order valence-corrected chi connectivity index (χ3v) is 7.68. The summed E-state index contributed by atoms with van der Waals surface area (Å²) in [5.41, 5.74) is 0.439. The van der Waals surface area contributed by atoms with Gasteiger partial charge in [0.05, 0.1) is 23.4 Å². The third kappa shape index (κ3) is 5.20. The van der Waals surface area contributed by atoms with Gasteiger partial charge < -0.3 is 15.1 Å². The molecule has 0 atom stereocenters. The van der Waals surface area contributed by atoms with Crippen molar-refractivity contribution in [1.82, 2.24) is 19.4 Å². The number of carbonyl (C=O) groups is 2. The Morgan fingerprint density at radius 2 is 1.85 bits per heavy atom. The molecule has 1 aliphatic rings. The number of piperidine rings is 1. The van der Waals surface area contributed by atoms with Gasteiger partial charge in [0, 0.05) is 31.7 Å². The van der Waals surface area contributed by atoms with E-state index in [9.17, 15) is 18.0 Å². The molecule has 1 aliphatic heterocycles. The van der Waals surface area contributed by atoms with Gasteiger partial charge in [0.25, 0.3) is 5.91 Å². The average Bonchev–Trinajstić information content (AvgIpc) is 3.53. The van der Waals surface area contributed by atoms with E-state index in [0.29, 0.717) is 30.8 Å². The minimum Gasteiger partial charge on any atom is -0.467 e. The fourth-order valence-corrected chi connectivity index (χ4v) is 5.33. The van der Waals surface area contributed by atoms with Gasteiger partial charge in [-0.15, -0.1) is 0 Å². The highest BCUT2D eigenvalue weighted by atomic mass is 32.2. The number of rotatable bonds is 8. The zero-order valence-electron chi connectivity index (χ0n) is 18.8. The van der Waals surface area contributed by atoms with Gasteiger partial charge in [-0.25, -0.2) is 8.42 Å². The molecule has 1 fully saturated rings. The van der Waals surface area contributed by atoms with Gasteiger partial charge in [0.15, 0.2) is 5.69 Å². The lowest BCUT2D eigenvalue weighted by molar-refractivity contribution is -0.120. The molecule has 3 aromatic rings. The fourth-order valence-electron chi connectivity index (χ4n) is 3.84. The lowest BCUT2D eigenvalue weighted by Gasteiger charge is -2.30. The lowest BCUT2D eigenvalue weighted by Crippen LogP contribution is -2.41. The smallest absolute Gasteiger partial charge is 0.274 e. The van der Waals surface area contributed by atoms with Gasteiger partial charge in [-0.3, -0.25) is 14.3 Å². The predicted molar refractivity (Wildman–Crippen MR) is 124 cm³/mol. The molecule has 4 rings (SSSR count). The first-order valence-electron chi connectivity index (χ1n) is 11.1. The van der Waals surface area contributed by atoms with Crippen molar-refractivity contribution >= 4 is 27.5 Å². The number of aryl methyl sites for hydroxylation is 1. The van der Waals surface area contributed by atoms with E-state index >= 15 is 0 Å². The van der Waals surface area contributed by atoms with Crippen LogP contribution in [0, 0.1) is 5.92 Å². The molecule has 2 aromatic heterocycles. The second-order valence-corrected chi connectivity index (χ2v) is 9.93. The number of hydrogen-bond donors (Lipinski definition) is 2. The topological polar surface area (TPSA) is 127 Å². The Morgan fingerprint density at radius 3 is 2.50 bits per heavy atom. The minimum atomic E-state index is -3.59. The highest BCUT2D eigenvalue weighted by molar-refractivity contribution is 7.89. The van der Waals surface area contributed by atoms with E-state index < -0.39 is 15.9 Å². The number of carbonyl (C=O) groups excluding carboxylic acids is 2. The summed E-state index contributed by atoms with van der Waals surface area (Å²) in [6.45, 7) is 3.11. The molecule has 1 saturated heterocycles. The molecule has 0 bridgehead atoms. The minimum absolute atomic E-state index is 0.117. The second-order valence-electron chi connectivity index (χ2n) is 7.99. The van der Waals surface area contributed by atoms with Crippen molar-refractivity contribution in [2.75, 3.05) is 18.4 Å². The molecule has 10 nitrogen and oxygen atoms in total. The zero-order valence-corrected chi connectivity index (χ0v) is 19.6. The Kier molecular flexibility index (Phi) is 7.13. The molecule has 0 unspecified atom stereocenters. The van der Waals surface area contributed by atoms with E-state index in [-0.39, 0.29) is 42.0 Å². The van der Waals surface area contributed by atoms with Gasteiger partial charge in [0.2, 0.25) is 15.9 Å². The van der Waals surface area contributed by atoms with Crippen LogP contribution < -0.4 is 10.6 Å². The maximum absolute atomic E-state index is 12.9. The van der Waals surface area contributed by atoms with Crippen LogP contribution in [-0.2, 0) is 27.9 Å². The van der Waals surface area contributed by atoms with Crippen LogP contribution in [-0.4, -0.2) is 47.4 Å². The van der Waals surface area contributed by atoms with Gasteiger partial charge in [-0.05, 0) is 44.0 Å². The van der Waals surface area contributed by atoms with Crippen LogP contribution >= 0.6 is 0 Å². The summed E-state index contributed by atoms with van der Waals surface area (Å²) in [4.78, 5) is 25.9. The number of sulfonamides is 1. The van der Waals surface area contributed by atoms with Gasteiger partial charge in [-0.1, -0.05) is 18.2 Å². The van der Waals surface area contributed by atoms with Crippen LogP contribution in [0.3, 0.4) is 0 Å². The largest absolute Gasteiger partial charge is 0.467 e. The maximum Gasteiger partial charge on any atom is 0.274 e. The lowest BCUT2D eigenvalue weighted by atomic mass is 9.97. The molecule has 0 spiro atoms. The molecule has 34 heavy (non-hydrogen) atoms. The van der Waals surface area contributed by atoms with E-state index in [1.807, 2.05) is 6.92 Å². The van der Waals surface area contributed by atoms with Crippen molar-refractivity contribution < 1.29 is 22.4 Å². The summed E-state index contributed by atoms with van der Waals surface area (Å²) in [6, 6.07) is 11.8. The number of nitrogens with zero attached hydrogens (tertiary/aromatic N) is 3. The first-order valence-corrected chi connectivity index (χ1v) is 12.6. The molecule has 3 heterocycles. The highest BCUT2D eigenvalue weighted by Crippen LogP contribution is 2.25. The van der Waals surface area contributed by atoms with Crippen molar-refractivity contribution in [2.24, 2.45) is 5.92 Å². The van der Waals surface area contributed by atoms with Gasteiger partial charge in [0.1, 0.15) is 5.76 Å². The fraction of sp³-hybridized carbons (Fsp3) is 0.348. The van der Waals surface area contributed by atoms with Crippen LogP contribution in [0.1, 0.15) is 36.0 Å². The number of anilines is 1. The molecule has 0 radical (unpaired) electrons. The Balaban J connectivity index is 1.38. The number of aromatic nitrogens is 2. The van der Waals surface area contributed by atoms with Crippen molar-refractivity contribution in [2.45, 2.75) is 37.8 Å². The maximum atomic E-state index is 12.9. The summed E-state index contributed by atoms with van der Waals surface area (Å²) in [5.74, 6) is -0.451. The zero-order chi connectivity index (χ0) is 24.1. The van der Waals surface area contributed by atoms with Crippen LogP contribution in [0.4, 0.5) is 5.69 Å². The normalized spacial score (nSPS) is 15.2. The van der Waals surface area contributed by atoms with Crippen molar-refractivity contribution in [3.8, 4) is 0 Å². The standard InChI is InChI=1S/C23H27N5O5S/c1-2-27-16-20(21(26-27)23(30)24-15-18-7-6-14-33-18)25-22(29)17-10-12-28(13-11-17)34(31,32)19-8-4-3-5-9-19/h3-9,14,16-17H,2,10-13,15H2,1H3,(H,24,30)(H,25,29). The predicted octanol–water partition coefficient (Wildman–Crippen LogP) is 2.47. The SMILES string of the molecule is CCn1cc(NC(=O)C2CCN(S(=O)(=O)c3ccccc3)CC2)c(C(=O)NCc2ccco2)n1. The van der Waals surface area contributed by atoms with Crippen LogP contribution in [0.15, 0.2) is 64.2 Å². The third-order valence-electron chi connectivity index (χ3n) is 5.77. The van der Waals surface area contributed by atoms with E-state index in [1.165, 1.54) is 10.6 Å². The molecule has 0 aliphatic carbocycles. The Hall–Kier alpha value is -3.44. The first kappa shape index (κ1) is 23.7. The summed E-state index contributed by atoms with van der Waals surface area (Å²) in [5, 5.41) is 9.83. The number of benzene rings is 1. The molecular weight excluding hydrogens is 458 g/mol. The number of nitrogens with one attached hydrogen (secondary N) is 2. The first-order chi connectivity index (χ1) is 16.4. The Bertz CT molecular complexity index is 1230. The quantitative estimate of drug-likeness (QED) is 0.505. The number of amides is 2. The van der Waals surface area contributed by atoms with Gasteiger partial charge >= 0.3 is 0 Å². The van der Waals surface area contributed by atoms with E-state index in [4.69, 9.17) is 4.42 Å². The van der Waals surface area contributed by atoms with E-state index in [0.717, 1.165) is 0 Å². The highest BCUT2D eigenvalue weighted by Gasteiger charge is 2.32. The Labute approximate surface area is 198 Å². The average molecular weight is 486 g/mol. The van der Waals surface area contributed by atoms with E-state index in [2.05, 4.69) is 15.7 Å². The Morgan fingerprint density at radius 1 is 1.12 bits per heavy atom. The summed E-state index contributed by atoms with van der Waals surface area (Å²) in [7, 11) is -3.59. The van der Waals surface area contributed by atoms with Crippen molar-refractivity contribution in [1.29, 1.82) is 0 Å². The van der Waals surface area contributed by atoms with Crippen LogP contribution in [0.5, 0.6) is 0 Å². The van der Waals surface area contributed by atoms with Crippen molar-refractivity contribution in [3.63, 3.8) is 0 Å². The molecule has 2 amide bonds. The summed E-state index contributed by atoms with van der Waals surface area (Å²) >= 11 is 0. The van der Waals surface area contributed by atoms with Crippen LogP contribution in [0.2, 0.25) is 0 Å². The van der Waals surface area contributed by atoms with Gasteiger partial charge in [-0.2, -0.15) is 9.40 Å². The molecule has 180 valence electrons.